The van der Waals surface area contributed by atoms with Crippen LogP contribution in [0.3, 0.4) is 0 Å². The molecule has 1 aliphatic rings. The summed E-state index contributed by atoms with van der Waals surface area (Å²) in [5.41, 5.74) is 4.11. The SMILES string of the molecule is CCc1ccc2c(c1)[C@@H](NC[C@@H](O)[C@H](Cc1cc(F)cc(F)c1)NC(=O)CO)CCC2. The van der Waals surface area contributed by atoms with Crippen LogP contribution in [0.25, 0.3) is 0 Å². The average molecular weight is 433 g/mol. The summed E-state index contributed by atoms with van der Waals surface area (Å²) in [4.78, 5) is 11.8. The molecule has 0 bridgehead atoms. The van der Waals surface area contributed by atoms with Gasteiger partial charge in [0.1, 0.15) is 18.2 Å². The van der Waals surface area contributed by atoms with Gasteiger partial charge in [0.15, 0.2) is 0 Å². The van der Waals surface area contributed by atoms with Crippen molar-refractivity contribution in [3.8, 4) is 0 Å². The molecular weight excluding hydrogens is 402 g/mol. The van der Waals surface area contributed by atoms with Gasteiger partial charge in [-0.1, -0.05) is 25.1 Å². The predicted molar refractivity (Wildman–Crippen MR) is 115 cm³/mol. The number of aryl methyl sites for hydroxylation is 2. The molecule has 0 saturated heterocycles. The van der Waals surface area contributed by atoms with Gasteiger partial charge in [0.25, 0.3) is 0 Å². The van der Waals surface area contributed by atoms with Gasteiger partial charge in [0.2, 0.25) is 5.91 Å². The van der Waals surface area contributed by atoms with Crippen LogP contribution >= 0.6 is 0 Å². The molecule has 1 aliphatic carbocycles. The molecule has 3 rings (SSSR count). The number of rotatable bonds is 9. The van der Waals surface area contributed by atoms with Crippen molar-refractivity contribution in [3.05, 3.63) is 70.3 Å². The van der Waals surface area contributed by atoms with Crippen LogP contribution < -0.4 is 10.6 Å². The molecule has 0 aromatic heterocycles. The van der Waals surface area contributed by atoms with E-state index in [0.29, 0.717) is 5.56 Å². The van der Waals surface area contributed by atoms with Crippen molar-refractivity contribution >= 4 is 5.91 Å². The monoisotopic (exact) mass is 432 g/mol. The molecule has 2 aromatic carbocycles. The van der Waals surface area contributed by atoms with Gasteiger partial charge in [0, 0.05) is 18.7 Å². The molecule has 0 heterocycles. The minimum absolute atomic E-state index is 0.0322. The molecule has 0 radical (unpaired) electrons. The molecule has 0 unspecified atom stereocenters. The number of benzene rings is 2. The maximum Gasteiger partial charge on any atom is 0.246 e. The van der Waals surface area contributed by atoms with Gasteiger partial charge in [-0.15, -0.1) is 0 Å². The summed E-state index contributed by atoms with van der Waals surface area (Å²) in [6, 6.07) is 8.92. The van der Waals surface area contributed by atoms with Gasteiger partial charge in [-0.25, -0.2) is 8.78 Å². The number of nitrogens with one attached hydrogen (secondary N) is 2. The number of halogens is 2. The predicted octanol–water partition coefficient (Wildman–Crippen LogP) is 2.57. The van der Waals surface area contributed by atoms with Crippen molar-refractivity contribution < 1.29 is 23.8 Å². The second-order valence-electron chi connectivity index (χ2n) is 8.12. The molecule has 0 fully saturated rings. The van der Waals surface area contributed by atoms with Gasteiger partial charge in [0.05, 0.1) is 12.1 Å². The van der Waals surface area contributed by atoms with E-state index in [1.807, 2.05) is 0 Å². The van der Waals surface area contributed by atoms with Gasteiger partial charge >= 0.3 is 0 Å². The lowest BCUT2D eigenvalue weighted by Gasteiger charge is -2.30. The molecule has 0 spiro atoms. The van der Waals surface area contributed by atoms with E-state index in [-0.39, 0.29) is 19.0 Å². The Bertz CT molecular complexity index is 886. The minimum Gasteiger partial charge on any atom is -0.390 e. The van der Waals surface area contributed by atoms with Crippen LogP contribution in [0.5, 0.6) is 0 Å². The van der Waals surface area contributed by atoms with Crippen LogP contribution in [0, 0.1) is 11.6 Å². The molecule has 0 saturated carbocycles. The van der Waals surface area contributed by atoms with Gasteiger partial charge in [-0.2, -0.15) is 0 Å². The Morgan fingerprint density at radius 2 is 1.90 bits per heavy atom. The van der Waals surface area contributed by atoms with Crippen LogP contribution in [0.15, 0.2) is 36.4 Å². The van der Waals surface area contributed by atoms with Gasteiger partial charge in [-0.05, 0) is 66.5 Å². The fourth-order valence-electron chi connectivity index (χ4n) is 4.20. The van der Waals surface area contributed by atoms with E-state index < -0.39 is 36.3 Å². The lowest BCUT2D eigenvalue weighted by Crippen LogP contribution is -2.50. The van der Waals surface area contributed by atoms with Crippen LogP contribution in [-0.2, 0) is 24.1 Å². The Kier molecular flexibility index (Phi) is 8.12. The molecular formula is C24H30F2N2O3. The van der Waals surface area contributed by atoms with Crippen molar-refractivity contribution in [2.75, 3.05) is 13.2 Å². The normalized spacial score (nSPS) is 17.6. The number of aliphatic hydroxyl groups excluding tert-OH is 2. The smallest absolute Gasteiger partial charge is 0.246 e. The van der Waals surface area contributed by atoms with Gasteiger partial charge in [-0.3, -0.25) is 4.79 Å². The number of fused-ring (bicyclic) bond motifs is 1. The molecule has 5 nitrogen and oxygen atoms in total. The fourth-order valence-corrected chi connectivity index (χ4v) is 4.20. The number of amides is 1. The largest absolute Gasteiger partial charge is 0.390 e. The first-order chi connectivity index (χ1) is 14.9. The zero-order valence-corrected chi connectivity index (χ0v) is 17.7. The van der Waals surface area contributed by atoms with Crippen molar-refractivity contribution in [2.45, 2.75) is 57.2 Å². The molecule has 168 valence electrons. The second kappa shape index (κ2) is 10.8. The van der Waals surface area contributed by atoms with Crippen molar-refractivity contribution in [1.82, 2.24) is 10.6 Å². The van der Waals surface area contributed by atoms with Crippen LogP contribution in [0.4, 0.5) is 8.78 Å². The first-order valence-electron chi connectivity index (χ1n) is 10.8. The summed E-state index contributed by atoms with van der Waals surface area (Å²) in [6.45, 7) is 1.57. The van der Waals surface area contributed by atoms with E-state index >= 15 is 0 Å². The quantitative estimate of drug-likeness (QED) is 0.491. The number of aliphatic hydroxyl groups is 2. The molecule has 31 heavy (non-hydrogen) atoms. The summed E-state index contributed by atoms with van der Waals surface area (Å²) in [5, 5.41) is 25.8. The van der Waals surface area contributed by atoms with Crippen molar-refractivity contribution in [2.24, 2.45) is 0 Å². The second-order valence-corrected chi connectivity index (χ2v) is 8.12. The summed E-state index contributed by atoms with van der Waals surface area (Å²) in [5.74, 6) is -2.10. The highest BCUT2D eigenvalue weighted by Gasteiger charge is 2.25. The first kappa shape index (κ1) is 23.3. The lowest BCUT2D eigenvalue weighted by atomic mass is 9.86. The van der Waals surface area contributed by atoms with Crippen LogP contribution in [0.2, 0.25) is 0 Å². The third-order valence-corrected chi connectivity index (χ3v) is 5.84. The summed E-state index contributed by atoms with van der Waals surface area (Å²) >= 11 is 0. The Morgan fingerprint density at radius 1 is 1.16 bits per heavy atom. The highest BCUT2D eigenvalue weighted by Crippen LogP contribution is 2.30. The minimum atomic E-state index is -1.01. The number of carbonyl (C=O) groups excluding carboxylic acids is 1. The number of hydrogen-bond acceptors (Lipinski definition) is 4. The standard InChI is InChI=1S/C24H30F2N2O3/c1-2-15-6-7-17-4-3-5-21(20(17)10-15)27-13-23(30)22(28-24(31)14-29)11-16-8-18(25)12-19(26)9-16/h6-10,12,21-23,27,29-30H,2-5,11,13-14H2,1H3,(H,28,31)/t21-,22-,23+/m0/s1. The number of carbonyl (C=O) groups is 1. The fraction of sp³-hybridized carbons (Fsp3) is 0.458. The van der Waals surface area contributed by atoms with Crippen LogP contribution in [-0.4, -0.2) is 41.4 Å². The Balaban J connectivity index is 1.70. The summed E-state index contributed by atoms with van der Waals surface area (Å²) < 4.78 is 27.1. The summed E-state index contributed by atoms with van der Waals surface area (Å²) in [6.07, 6.45) is 2.98. The molecule has 4 N–H and O–H groups in total. The lowest BCUT2D eigenvalue weighted by molar-refractivity contribution is -0.125. The number of hydrogen-bond donors (Lipinski definition) is 4. The van der Waals surface area contributed by atoms with E-state index in [0.717, 1.165) is 31.7 Å². The maximum atomic E-state index is 13.6. The molecule has 2 aromatic rings. The maximum absolute atomic E-state index is 13.6. The Morgan fingerprint density at radius 3 is 2.58 bits per heavy atom. The third-order valence-electron chi connectivity index (χ3n) is 5.84. The van der Waals surface area contributed by atoms with E-state index in [1.165, 1.54) is 28.8 Å². The molecule has 0 aliphatic heterocycles. The Labute approximate surface area is 181 Å². The molecule has 7 heteroatoms. The van der Waals surface area contributed by atoms with E-state index in [2.05, 4.69) is 35.8 Å². The Hall–Kier alpha value is -2.35. The molecule has 3 atom stereocenters. The highest BCUT2D eigenvalue weighted by atomic mass is 19.1. The van der Waals surface area contributed by atoms with E-state index in [1.54, 1.807) is 0 Å². The topological polar surface area (TPSA) is 81.6 Å². The van der Waals surface area contributed by atoms with Crippen molar-refractivity contribution in [1.29, 1.82) is 0 Å². The van der Waals surface area contributed by atoms with Gasteiger partial charge < -0.3 is 20.8 Å². The molecule has 1 amide bonds. The average Bonchev–Trinajstić information content (AvgIpc) is 2.75. The van der Waals surface area contributed by atoms with Crippen molar-refractivity contribution in [3.63, 3.8) is 0 Å². The van der Waals surface area contributed by atoms with E-state index in [4.69, 9.17) is 5.11 Å². The zero-order chi connectivity index (χ0) is 22.4. The summed E-state index contributed by atoms with van der Waals surface area (Å²) in [7, 11) is 0. The van der Waals surface area contributed by atoms with E-state index in [9.17, 15) is 18.7 Å². The van der Waals surface area contributed by atoms with Crippen LogP contribution in [0.1, 0.15) is 48.1 Å². The first-order valence-corrected chi connectivity index (χ1v) is 10.8. The zero-order valence-electron chi connectivity index (χ0n) is 17.7. The highest BCUT2D eigenvalue weighted by molar-refractivity contribution is 5.77. The third kappa shape index (κ3) is 6.32.